The molecule has 0 N–H and O–H groups in total. The zero-order chi connectivity index (χ0) is 18.7. The van der Waals surface area contributed by atoms with Crippen LogP contribution in [0.15, 0.2) is 16.7 Å². The Bertz CT molecular complexity index is 728. The van der Waals surface area contributed by atoms with E-state index in [4.69, 9.17) is 4.52 Å². The minimum Gasteiger partial charge on any atom is -0.361 e. The van der Waals surface area contributed by atoms with Crippen LogP contribution in [0.3, 0.4) is 0 Å². The van der Waals surface area contributed by atoms with Crippen LogP contribution in [0.1, 0.15) is 23.4 Å². The number of aromatic nitrogens is 3. The molecular formula is C18H26N6O2. The molecule has 0 radical (unpaired) electrons. The first-order valence-electron chi connectivity index (χ1n) is 8.91. The van der Waals surface area contributed by atoms with Crippen molar-refractivity contribution in [3.8, 4) is 0 Å². The maximum absolute atomic E-state index is 12.5. The number of piperazine rings is 1. The summed E-state index contributed by atoms with van der Waals surface area (Å²) in [5.41, 5.74) is 1.92. The SMILES string of the molecule is Cc1noc(C)c1CCC(=O)N1CCN(c2ccc(N(C)C)nn2)CC1. The molecule has 140 valence electrons. The third-order valence-corrected chi connectivity index (χ3v) is 4.82. The minimum absolute atomic E-state index is 0.179. The van der Waals surface area contributed by atoms with Crippen molar-refractivity contribution in [1.29, 1.82) is 0 Å². The number of carbonyl (C=O) groups excluding carboxylic acids is 1. The third kappa shape index (κ3) is 3.95. The van der Waals surface area contributed by atoms with Gasteiger partial charge in [-0.15, -0.1) is 10.2 Å². The molecule has 0 saturated carbocycles. The fourth-order valence-electron chi connectivity index (χ4n) is 3.16. The van der Waals surface area contributed by atoms with E-state index in [1.165, 1.54) is 0 Å². The summed E-state index contributed by atoms with van der Waals surface area (Å²) in [6.07, 6.45) is 1.16. The lowest BCUT2D eigenvalue weighted by molar-refractivity contribution is -0.131. The highest BCUT2D eigenvalue weighted by atomic mass is 16.5. The Labute approximate surface area is 153 Å². The molecule has 0 bridgehead atoms. The highest BCUT2D eigenvalue weighted by molar-refractivity contribution is 5.76. The van der Waals surface area contributed by atoms with E-state index >= 15 is 0 Å². The second-order valence-corrected chi connectivity index (χ2v) is 6.81. The van der Waals surface area contributed by atoms with E-state index in [9.17, 15) is 4.79 Å². The van der Waals surface area contributed by atoms with Crippen LogP contribution in [0.25, 0.3) is 0 Å². The van der Waals surface area contributed by atoms with Crippen molar-refractivity contribution in [3.63, 3.8) is 0 Å². The zero-order valence-electron chi connectivity index (χ0n) is 15.9. The molecule has 26 heavy (non-hydrogen) atoms. The number of hydrogen-bond acceptors (Lipinski definition) is 7. The second kappa shape index (κ2) is 7.72. The molecule has 8 nitrogen and oxygen atoms in total. The first-order chi connectivity index (χ1) is 12.5. The summed E-state index contributed by atoms with van der Waals surface area (Å²) in [6, 6.07) is 3.95. The van der Waals surface area contributed by atoms with E-state index in [0.29, 0.717) is 25.9 Å². The van der Waals surface area contributed by atoms with Gasteiger partial charge in [0, 0.05) is 52.3 Å². The summed E-state index contributed by atoms with van der Waals surface area (Å²) in [6.45, 7) is 6.76. The molecule has 2 aromatic heterocycles. The van der Waals surface area contributed by atoms with Crippen LogP contribution < -0.4 is 9.80 Å². The fraction of sp³-hybridized carbons (Fsp3) is 0.556. The van der Waals surface area contributed by atoms with Gasteiger partial charge in [0.2, 0.25) is 5.91 Å². The number of anilines is 2. The van der Waals surface area contributed by atoms with E-state index in [-0.39, 0.29) is 5.91 Å². The molecule has 0 unspecified atom stereocenters. The summed E-state index contributed by atoms with van der Waals surface area (Å²) in [5.74, 6) is 2.68. The van der Waals surface area contributed by atoms with Crippen molar-refractivity contribution >= 4 is 17.5 Å². The maximum atomic E-state index is 12.5. The Morgan fingerprint density at radius 3 is 2.42 bits per heavy atom. The number of hydrogen-bond donors (Lipinski definition) is 0. The molecule has 0 spiro atoms. The lowest BCUT2D eigenvalue weighted by Crippen LogP contribution is -2.49. The largest absolute Gasteiger partial charge is 0.361 e. The van der Waals surface area contributed by atoms with E-state index in [1.807, 2.05) is 49.9 Å². The van der Waals surface area contributed by atoms with Crippen molar-refractivity contribution in [2.24, 2.45) is 0 Å². The second-order valence-electron chi connectivity index (χ2n) is 6.81. The zero-order valence-corrected chi connectivity index (χ0v) is 15.9. The topological polar surface area (TPSA) is 78.6 Å². The molecule has 2 aromatic rings. The Balaban J connectivity index is 1.50. The van der Waals surface area contributed by atoms with Crippen molar-refractivity contribution in [1.82, 2.24) is 20.3 Å². The Morgan fingerprint density at radius 2 is 1.88 bits per heavy atom. The Morgan fingerprint density at radius 1 is 1.15 bits per heavy atom. The van der Waals surface area contributed by atoms with Gasteiger partial charge in [-0.1, -0.05) is 5.16 Å². The highest BCUT2D eigenvalue weighted by Gasteiger charge is 2.22. The molecule has 0 atom stereocenters. The summed E-state index contributed by atoms with van der Waals surface area (Å²) in [4.78, 5) is 18.5. The number of carbonyl (C=O) groups is 1. The van der Waals surface area contributed by atoms with Crippen molar-refractivity contribution in [2.75, 3.05) is 50.1 Å². The van der Waals surface area contributed by atoms with Crippen LogP contribution in [-0.2, 0) is 11.2 Å². The van der Waals surface area contributed by atoms with Crippen LogP contribution in [0.2, 0.25) is 0 Å². The molecule has 1 aliphatic heterocycles. The Hall–Kier alpha value is -2.64. The van der Waals surface area contributed by atoms with Crippen LogP contribution in [0.4, 0.5) is 11.6 Å². The molecule has 1 fully saturated rings. The molecule has 3 heterocycles. The lowest BCUT2D eigenvalue weighted by atomic mass is 10.1. The van der Waals surface area contributed by atoms with E-state index in [2.05, 4.69) is 20.3 Å². The van der Waals surface area contributed by atoms with Crippen LogP contribution >= 0.6 is 0 Å². The number of amides is 1. The molecule has 1 saturated heterocycles. The standard InChI is InChI=1S/C18H26N6O2/c1-13-15(14(2)26-21-13)5-8-18(25)24-11-9-23(10-12-24)17-7-6-16(19-20-17)22(3)4/h6-7H,5,8-12H2,1-4H3. The predicted octanol–water partition coefficient (Wildman–Crippen LogP) is 1.43. The first kappa shape index (κ1) is 18.2. The number of aryl methyl sites for hydroxylation is 2. The van der Waals surface area contributed by atoms with Gasteiger partial charge in [-0.2, -0.15) is 0 Å². The van der Waals surface area contributed by atoms with Crippen molar-refractivity contribution in [2.45, 2.75) is 26.7 Å². The molecule has 3 rings (SSSR count). The summed E-state index contributed by atoms with van der Waals surface area (Å²) < 4.78 is 5.16. The van der Waals surface area contributed by atoms with Gasteiger partial charge in [-0.05, 0) is 32.4 Å². The maximum Gasteiger partial charge on any atom is 0.223 e. The van der Waals surface area contributed by atoms with Crippen molar-refractivity contribution < 1.29 is 9.32 Å². The van der Waals surface area contributed by atoms with Gasteiger partial charge in [0.15, 0.2) is 11.6 Å². The van der Waals surface area contributed by atoms with Gasteiger partial charge in [0.05, 0.1) is 5.69 Å². The highest BCUT2D eigenvalue weighted by Crippen LogP contribution is 2.17. The van der Waals surface area contributed by atoms with Gasteiger partial charge >= 0.3 is 0 Å². The quantitative estimate of drug-likeness (QED) is 0.800. The minimum atomic E-state index is 0.179. The van der Waals surface area contributed by atoms with Gasteiger partial charge in [-0.3, -0.25) is 4.79 Å². The van der Waals surface area contributed by atoms with E-state index < -0.39 is 0 Å². The van der Waals surface area contributed by atoms with E-state index in [1.54, 1.807) is 0 Å². The third-order valence-electron chi connectivity index (χ3n) is 4.82. The van der Waals surface area contributed by atoms with Gasteiger partial charge < -0.3 is 19.2 Å². The van der Waals surface area contributed by atoms with Crippen LogP contribution in [0, 0.1) is 13.8 Å². The van der Waals surface area contributed by atoms with Gasteiger partial charge in [0.25, 0.3) is 0 Å². The van der Waals surface area contributed by atoms with Gasteiger partial charge in [-0.25, -0.2) is 0 Å². The van der Waals surface area contributed by atoms with E-state index in [0.717, 1.165) is 41.7 Å². The Kier molecular flexibility index (Phi) is 5.39. The molecular weight excluding hydrogens is 332 g/mol. The average Bonchev–Trinajstić information content (AvgIpc) is 2.98. The molecule has 1 aliphatic rings. The van der Waals surface area contributed by atoms with Crippen molar-refractivity contribution in [3.05, 3.63) is 29.2 Å². The summed E-state index contributed by atoms with van der Waals surface area (Å²) in [5, 5.41) is 12.5. The smallest absolute Gasteiger partial charge is 0.223 e. The predicted molar refractivity (Wildman–Crippen MR) is 99.5 cm³/mol. The first-order valence-corrected chi connectivity index (χ1v) is 8.91. The molecule has 1 amide bonds. The van der Waals surface area contributed by atoms with Crippen LogP contribution in [-0.4, -0.2) is 66.4 Å². The number of nitrogens with zero attached hydrogens (tertiary/aromatic N) is 6. The normalized spacial score (nSPS) is 14.6. The molecule has 0 aromatic carbocycles. The van der Waals surface area contributed by atoms with Crippen LogP contribution in [0.5, 0.6) is 0 Å². The monoisotopic (exact) mass is 358 g/mol. The molecule has 8 heteroatoms. The summed E-state index contributed by atoms with van der Waals surface area (Å²) in [7, 11) is 3.88. The number of rotatable bonds is 5. The summed E-state index contributed by atoms with van der Waals surface area (Å²) >= 11 is 0. The fourth-order valence-corrected chi connectivity index (χ4v) is 3.16. The average molecular weight is 358 g/mol. The molecule has 0 aliphatic carbocycles. The van der Waals surface area contributed by atoms with Gasteiger partial charge in [0.1, 0.15) is 5.76 Å². The lowest BCUT2D eigenvalue weighted by Gasteiger charge is -2.35.